The Hall–Kier alpha value is -2.68. The molecule has 0 radical (unpaired) electrons. The summed E-state index contributed by atoms with van der Waals surface area (Å²) in [7, 11) is 1.17. The van der Waals surface area contributed by atoms with Crippen molar-refractivity contribution in [3.05, 3.63) is 33.9 Å². The Morgan fingerprint density at radius 3 is 2.65 bits per heavy atom. The molecule has 3 N–H and O–H groups in total. The van der Waals surface area contributed by atoms with E-state index in [2.05, 4.69) is 5.32 Å². The van der Waals surface area contributed by atoms with Crippen LogP contribution in [-0.2, 0) is 4.79 Å². The highest BCUT2D eigenvalue weighted by molar-refractivity contribution is 5.98. The molecular formula is C11H12N2O7. The number of carboxylic acids is 1. The summed E-state index contributed by atoms with van der Waals surface area (Å²) in [5.74, 6) is -2.51. The number of aliphatic hydroxyl groups excluding tert-OH is 1. The van der Waals surface area contributed by atoms with Gasteiger partial charge in [0.1, 0.15) is 0 Å². The van der Waals surface area contributed by atoms with Gasteiger partial charge >= 0.3 is 11.7 Å². The molecule has 1 aromatic rings. The third-order valence-corrected chi connectivity index (χ3v) is 2.38. The minimum Gasteiger partial charge on any atom is -0.490 e. The molecule has 0 aliphatic heterocycles. The Morgan fingerprint density at radius 2 is 2.15 bits per heavy atom. The first-order valence-electron chi connectivity index (χ1n) is 5.39. The molecule has 0 aromatic heterocycles. The predicted molar refractivity (Wildman–Crippen MR) is 65.6 cm³/mol. The summed E-state index contributed by atoms with van der Waals surface area (Å²) in [6, 6.07) is 3.75. The van der Waals surface area contributed by atoms with Crippen molar-refractivity contribution >= 4 is 17.6 Å². The van der Waals surface area contributed by atoms with Gasteiger partial charge in [0.15, 0.2) is 6.10 Å². The summed E-state index contributed by atoms with van der Waals surface area (Å²) < 4.78 is 4.83. The lowest BCUT2D eigenvalue weighted by Gasteiger charge is -2.10. The van der Waals surface area contributed by atoms with Gasteiger partial charge < -0.3 is 20.3 Å². The van der Waals surface area contributed by atoms with E-state index >= 15 is 0 Å². The van der Waals surface area contributed by atoms with Crippen molar-refractivity contribution < 1.29 is 29.5 Å². The number of ether oxygens (including phenoxy) is 1. The third-order valence-electron chi connectivity index (χ3n) is 2.38. The van der Waals surface area contributed by atoms with Gasteiger partial charge in [0, 0.05) is 6.07 Å². The second-order valence-electron chi connectivity index (χ2n) is 3.68. The van der Waals surface area contributed by atoms with Crippen LogP contribution in [0, 0.1) is 10.1 Å². The second kappa shape index (κ2) is 6.48. The topological polar surface area (TPSA) is 139 Å². The minimum atomic E-state index is -1.76. The Kier molecular flexibility index (Phi) is 4.98. The standard InChI is InChI=1S/C11H12N2O7/c1-20-9-6(3-2-4-7(9)13(18)19)10(15)12-5-8(14)11(16)17/h2-4,8,14H,5H2,1H3,(H,12,15)(H,16,17). The number of methoxy groups -OCH3 is 1. The number of nitrogens with zero attached hydrogens (tertiary/aromatic N) is 1. The van der Waals surface area contributed by atoms with Crippen molar-refractivity contribution in [1.82, 2.24) is 5.32 Å². The maximum Gasteiger partial charge on any atom is 0.334 e. The van der Waals surface area contributed by atoms with Crippen LogP contribution in [0.4, 0.5) is 5.69 Å². The lowest BCUT2D eigenvalue weighted by molar-refractivity contribution is -0.385. The summed E-state index contributed by atoms with van der Waals surface area (Å²) in [6.07, 6.45) is -1.76. The number of aliphatic hydroxyl groups is 1. The van der Waals surface area contributed by atoms with Crippen LogP contribution in [0.25, 0.3) is 0 Å². The number of carbonyl (C=O) groups excluding carboxylic acids is 1. The van der Waals surface area contributed by atoms with E-state index in [0.717, 1.165) is 0 Å². The number of rotatable bonds is 6. The summed E-state index contributed by atoms with van der Waals surface area (Å²) in [5.41, 5.74) is -0.516. The van der Waals surface area contributed by atoms with Crippen LogP contribution < -0.4 is 10.1 Å². The first-order chi connectivity index (χ1) is 9.38. The van der Waals surface area contributed by atoms with Crippen LogP contribution in [0.3, 0.4) is 0 Å². The summed E-state index contributed by atoms with van der Waals surface area (Å²) in [4.78, 5) is 32.3. The van der Waals surface area contributed by atoms with Crippen LogP contribution in [0.15, 0.2) is 18.2 Å². The molecule has 1 aromatic carbocycles. The predicted octanol–water partition coefficient (Wildman–Crippen LogP) is -0.221. The number of nitro groups is 1. The zero-order valence-corrected chi connectivity index (χ0v) is 10.4. The van der Waals surface area contributed by atoms with Crippen molar-refractivity contribution in [2.24, 2.45) is 0 Å². The molecule has 20 heavy (non-hydrogen) atoms. The number of carboxylic acid groups (broad SMARTS) is 1. The first-order valence-corrected chi connectivity index (χ1v) is 5.39. The van der Waals surface area contributed by atoms with Crippen molar-refractivity contribution in [1.29, 1.82) is 0 Å². The highest BCUT2D eigenvalue weighted by atomic mass is 16.6. The normalized spacial score (nSPS) is 11.5. The number of carbonyl (C=O) groups is 2. The molecule has 0 heterocycles. The molecule has 9 heteroatoms. The van der Waals surface area contributed by atoms with Crippen molar-refractivity contribution in [2.45, 2.75) is 6.10 Å². The number of hydrogen-bond donors (Lipinski definition) is 3. The number of aliphatic carboxylic acids is 1. The molecule has 0 aliphatic rings. The highest BCUT2D eigenvalue weighted by Crippen LogP contribution is 2.30. The van der Waals surface area contributed by atoms with E-state index < -0.39 is 29.4 Å². The molecular weight excluding hydrogens is 272 g/mol. The molecule has 1 amide bonds. The van der Waals surface area contributed by atoms with E-state index in [1.54, 1.807) is 0 Å². The van der Waals surface area contributed by atoms with E-state index in [1.165, 1.54) is 25.3 Å². The lowest BCUT2D eigenvalue weighted by Crippen LogP contribution is -2.36. The van der Waals surface area contributed by atoms with Gasteiger partial charge in [0.25, 0.3) is 5.91 Å². The van der Waals surface area contributed by atoms with E-state index in [9.17, 15) is 19.7 Å². The van der Waals surface area contributed by atoms with Crippen molar-refractivity contribution in [2.75, 3.05) is 13.7 Å². The number of para-hydroxylation sites is 1. The Morgan fingerprint density at radius 1 is 1.50 bits per heavy atom. The highest BCUT2D eigenvalue weighted by Gasteiger charge is 2.23. The van der Waals surface area contributed by atoms with Gasteiger partial charge in [-0.1, -0.05) is 6.07 Å². The number of amides is 1. The number of nitrogens with one attached hydrogen (secondary N) is 1. The van der Waals surface area contributed by atoms with Crippen LogP contribution in [-0.4, -0.2) is 46.8 Å². The van der Waals surface area contributed by atoms with Crippen molar-refractivity contribution in [3.63, 3.8) is 0 Å². The largest absolute Gasteiger partial charge is 0.490 e. The molecule has 0 saturated heterocycles. The molecule has 0 aliphatic carbocycles. The molecule has 0 bridgehead atoms. The van der Waals surface area contributed by atoms with Gasteiger partial charge in [-0.15, -0.1) is 0 Å². The van der Waals surface area contributed by atoms with Gasteiger partial charge in [-0.2, -0.15) is 0 Å². The first kappa shape index (κ1) is 15.4. The van der Waals surface area contributed by atoms with Crippen LogP contribution in [0.5, 0.6) is 5.75 Å². The molecule has 1 atom stereocenters. The van der Waals surface area contributed by atoms with Gasteiger partial charge in [-0.05, 0) is 6.07 Å². The van der Waals surface area contributed by atoms with E-state index in [4.69, 9.17) is 14.9 Å². The van der Waals surface area contributed by atoms with Crippen LogP contribution in [0.2, 0.25) is 0 Å². The van der Waals surface area contributed by atoms with Crippen LogP contribution >= 0.6 is 0 Å². The van der Waals surface area contributed by atoms with Gasteiger partial charge in [-0.25, -0.2) is 4.79 Å². The monoisotopic (exact) mass is 284 g/mol. The number of nitro benzene ring substituents is 1. The molecule has 9 nitrogen and oxygen atoms in total. The van der Waals surface area contributed by atoms with Gasteiger partial charge in [-0.3, -0.25) is 14.9 Å². The van der Waals surface area contributed by atoms with Crippen molar-refractivity contribution in [3.8, 4) is 5.75 Å². The fourth-order valence-corrected chi connectivity index (χ4v) is 1.43. The number of hydrogen-bond acceptors (Lipinski definition) is 6. The second-order valence-corrected chi connectivity index (χ2v) is 3.68. The average molecular weight is 284 g/mol. The Labute approximate surface area is 112 Å². The fraction of sp³-hybridized carbons (Fsp3) is 0.273. The fourth-order valence-electron chi connectivity index (χ4n) is 1.43. The molecule has 1 rings (SSSR count). The Bertz CT molecular complexity index is 544. The van der Waals surface area contributed by atoms with E-state index in [1.807, 2.05) is 0 Å². The lowest BCUT2D eigenvalue weighted by atomic mass is 10.1. The summed E-state index contributed by atoms with van der Waals surface area (Å²) in [5, 5.41) is 30.4. The van der Waals surface area contributed by atoms with Crippen LogP contribution in [0.1, 0.15) is 10.4 Å². The molecule has 1 unspecified atom stereocenters. The maximum absolute atomic E-state index is 11.8. The third kappa shape index (κ3) is 3.42. The number of benzene rings is 1. The zero-order chi connectivity index (χ0) is 15.3. The zero-order valence-electron chi connectivity index (χ0n) is 10.4. The molecule has 0 spiro atoms. The quantitative estimate of drug-likeness (QED) is 0.484. The average Bonchev–Trinajstić information content (AvgIpc) is 2.42. The van der Waals surface area contributed by atoms with E-state index in [0.29, 0.717) is 0 Å². The Balaban J connectivity index is 2.96. The van der Waals surface area contributed by atoms with E-state index in [-0.39, 0.29) is 17.0 Å². The van der Waals surface area contributed by atoms with Gasteiger partial charge in [0.2, 0.25) is 5.75 Å². The molecule has 0 fully saturated rings. The smallest absolute Gasteiger partial charge is 0.334 e. The van der Waals surface area contributed by atoms with Gasteiger partial charge in [0.05, 0.1) is 24.1 Å². The molecule has 108 valence electrons. The maximum atomic E-state index is 11.8. The summed E-state index contributed by atoms with van der Waals surface area (Å²) >= 11 is 0. The SMILES string of the molecule is COc1c(C(=O)NCC(O)C(=O)O)cccc1[N+](=O)[O-]. The summed E-state index contributed by atoms with van der Waals surface area (Å²) in [6.45, 7) is -0.528. The minimum absolute atomic E-state index is 0.126. The molecule has 0 saturated carbocycles.